The van der Waals surface area contributed by atoms with Gasteiger partial charge in [-0.1, -0.05) is 18.2 Å². The Hall–Kier alpha value is -1.49. The molecule has 2 aliphatic rings. The zero-order valence-corrected chi connectivity index (χ0v) is 12.6. The summed E-state index contributed by atoms with van der Waals surface area (Å²) in [6.07, 6.45) is 2.93. The summed E-state index contributed by atoms with van der Waals surface area (Å²) in [4.78, 5) is 26.6. The molecular formula is C16H19NO3S. The summed E-state index contributed by atoms with van der Waals surface area (Å²) in [7, 11) is 0. The molecule has 2 fully saturated rings. The molecule has 1 amide bonds. The van der Waals surface area contributed by atoms with Crippen molar-refractivity contribution in [3.05, 3.63) is 30.3 Å². The number of benzene rings is 1. The van der Waals surface area contributed by atoms with Crippen molar-refractivity contribution in [2.75, 3.05) is 5.75 Å². The van der Waals surface area contributed by atoms with Crippen LogP contribution < -0.4 is 0 Å². The Morgan fingerprint density at radius 1 is 1.24 bits per heavy atom. The molecule has 5 heteroatoms. The highest BCUT2D eigenvalue weighted by Gasteiger charge is 2.50. The van der Waals surface area contributed by atoms with Crippen LogP contribution in [0.1, 0.15) is 25.7 Å². The van der Waals surface area contributed by atoms with E-state index in [1.807, 2.05) is 35.2 Å². The molecule has 2 heterocycles. The van der Waals surface area contributed by atoms with Gasteiger partial charge in [0.05, 0.1) is 5.92 Å². The predicted octanol–water partition coefficient (Wildman–Crippen LogP) is 2.63. The molecule has 3 unspecified atom stereocenters. The summed E-state index contributed by atoms with van der Waals surface area (Å²) in [5, 5.41) is 9.22. The Balaban J connectivity index is 1.53. The molecule has 3 rings (SSSR count). The molecule has 2 bridgehead atoms. The highest BCUT2D eigenvalue weighted by Crippen LogP contribution is 2.42. The lowest BCUT2D eigenvalue weighted by Crippen LogP contribution is -2.38. The van der Waals surface area contributed by atoms with E-state index in [4.69, 9.17) is 0 Å². The predicted molar refractivity (Wildman–Crippen MR) is 81.2 cm³/mol. The molecule has 1 N–H and O–H groups in total. The smallest absolute Gasteiger partial charge is 0.308 e. The number of carboxylic acid groups (broad SMARTS) is 1. The molecule has 0 aliphatic carbocycles. The fraction of sp³-hybridized carbons (Fsp3) is 0.500. The van der Waals surface area contributed by atoms with E-state index in [-0.39, 0.29) is 23.9 Å². The summed E-state index contributed by atoms with van der Waals surface area (Å²) in [5.41, 5.74) is 0. The van der Waals surface area contributed by atoms with E-state index in [1.54, 1.807) is 11.8 Å². The van der Waals surface area contributed by atoms with Crippen molar-refractivity contribution in [1.82, 2.24) is 4.90 Å². The molecule has 0 aromatic heterocycles. The second kappa shape index (κ2) is 6.10. The Labute approximate surface area is 128 Å². The SMILES string of the molecule is O=C(O)C1CC2CCC1N2C(=O)CCSc1ccccc1. The van der Waals surface area contributed by atoms with Gasteiger partial charge in [-0.2, -0.15) is 0 Å². The first-order chi connectivity index (χ1) is 10.2. The van der Waals surface area contributed by atoms with Gasteiger partial charge in [0, 0.05) is 29.2 Å². The summed E-state index contributed by atoms with van der Waals surface area (Å²) < 4.78 is 0. The lowest BCUT2D eigenvalue weighted by Gasteiger charge is -2.23. The zero-order chi connectivity index (χ0) is 14.8. The van der Waals surface area contributed by atoms with E-state index in [0.717, 1.165) is 23.5 Å². The van der Waals surface area contributed by atoms with Crippen LogP contribution in [0.4, 0.5) is 0 Å². The lowest BCUT2D eigenvalue weighted by atomic mass is 9.89. The number of nitrogens with zero attached hydrogens (tertiary/aromatic N) is 1. The Morgan fingerprint density at radius 3 is 2.67 bits per heavy atom. The van der Waals surface area contributed by atoms with E-state index in [1.165, 1.54) is 0 Å². The average Bonchev–Trinajstić information content (AvgIpc) is 3.06. The Bertz CT molecular complexity index is 534. The molecule has 112 valence electrons. The Morgan fingerprint density at radius 2 is 2.00 bits per heavy atom. The number of thioether (sulfide) groups is 1. The number of amides is 1. The highest BCUT2D eigenvalue weighted by atomic mass is 32.2. The van der Waals surface area contributed by atoms with Gasteiger partial charge in [0.1, 0.15) is 0 Å². The maximum Gasteiger partial charge on any atom is 0.308 e. The van der Waals surface area contributed by atoms with Crippen LogP contribution in [0.5, 0.6) is 0 Å². The zero-order valence-electron chi connectivity index (χ0n) is 11.8. The molecule has 4 nitrogen and oxygen atoms in total. The number of hydrogen-bond acceptors (Lipinski definition) is 3. The van der Waals surface area contributed by atoms with E-state index in [0.29, 0.717) is 12.8 Å². The fourth-order valence-electron chi connectivity index (χ4n) is 3.54. The van der Waals surface area contributed by atoms with Crippen LogP contribution in [0.3, 0.4) is 0 Å². The standard InChI is InChI=1S/C16H19NO3S/c18-15(8-9-21-12-4-2-1-3-5-12)17-11-6-7-14(17)13(10-11)16(19)20/h1-5,11,13-14H,6-10H2,(H,19,20). The monoisotopic (exact) mass is 305 g/mol. The van der Waals surface area contributed by atoms with Crippen LogP contribution in [0.15, 0.2) is 35.2 Å². The van der Waals surface area contributed by atoms with Crippen molar-refractivity contribution in [1.29, 1.82) is 0 Å². The van der Waals surface area contributed by atoms with Crippen molar-refractivity contribution >= 4 is 23.6 Å². The van der Waals surface area contributed by atoms with Crippen LogP contribution in [0, 0.1) is 5.92 Å². The van der Waals surface area contributed by atoms with Crippen molar-refractivity contribution in [2.24, 2.45) is 5.92 Å². The van der Waals surface area contributed by atoms with Crippen molar-refractivity contribution in [2.45, 2.75) is 42.7 Å². The molecule has 2 aliphatic heterocycles. The summed E-state index contributed by atoms with van der Waals surface area (Å²) >= 11 is 1.67. The first kappa shape index (κ1) is 14.4. The first-order valence-electron chi connectivity index (χ1n) is 7.38. The largest absolute Gasteiger partial charge is 0.481 e. The van der Waals surface area contributed by atoms with Gasteiger partial charge in [-0.05, 0) is 31.4 Å². The van der Waals surface area contributed by atoms with Crippen LogP contribution in [-0.2, 0) is 9.59 Å². The van der Waals surface area contributed by atoms with E-state index >= 15 is 0 Å². The molecule has 3 atom stereocenters. The normalized spacial score (nSPS) is 27.0. The van der Waals surface area contributed by atoms with Crippen molar-refractivity contribution in [3.8, 4) is 0 Å². The fourth-order valence-corrected chi connectivity index (χ4v) is 4.41. The maximum atomic E-state index is 12.4. The van der Waals surface area contributed by atoms with Gasteiger partial charge >= 0.3 is 5.97 Å². The van der Waals surface area contributed by atoms with Gasteiger partial charge in [0.2, 0.25) is 5.91 Å². The van der Waals surface area contributed by atoms with Gasteiger partial charge in [0.15, 0.2) is 0 Å². The van der Waals surface area contributed by atoms with Crippen LogP contribution >= 0.6 is 11.8 Å². The second-order valence-electron chi connectivity index (χ2n) is 5.69. The van der Waals surface area contributed by atoms with Crippen LogP contribution in [0.25, 0.3) is 0 Å². The number of carbonyl (C=O) groups is 2. The quantitative estimate of drug-likeness (QED) is 0.850. The molecule has 0 saturated carbocycles. The van der Waals surface area contributed by atoms with Gasteiger partial charge in [-0.25, -0.2) is 0 Å². The first-order valence-corrected chi connectivity index (χ1v) is 8.37. The topological polar surface area (TPSA) is 57.6 Å². The number of fused-ring (bicyclic) bond motifs is 2. The van der Waals surface area contributed by atoms with Crippen LogP contribution in [-0.4, -0.2) is 39.7 Å². The molecular weight excluding hydrogens is 286 g/mol. The third kappa shape index (κ3) is 2.93. The molecule has 0 radical (unpaired) electrons. The summed E-state index contributed by atoms with van der Waals surface area (Å²) in [6, 6.07) is 10.1. The second-order valence-corrected chi connectivity index (χ2v) is 6.86. The minimum atomic E-state index is -0.751. The maximum absolute atomic E-state index is 12.4. The average molecular weight is 305 g/mol. The van der Waals surface area contributed by atoms with E-state index in [2.05, 4.69) is 0 Å². The summed E-state index contributed by atoms with van der Waals surface area (Å²) in [5.74, 6) is -0.237. The van der Waals surface area contributed by atoms with Gasteiger partial charge in [0.25, 0.3) is 0 Å². The number of rotatable bonds is 5. The van der Waals surface area contributed by atoms with Gasteiger partial charge < -0.3 is 10.0 Å². The number of aliphatic carboxylic acids is 1. The molecule has 0 spiro atoms. The molecule has 21 heavy (non-hydrogen) atoms. The third-order valence-corrected chi connectivity index (χ3v) is 5.48. The van der Waals surface area contributed by atoms with Gasteiger partial charge in [-0.15, -0.1) is 11.8 Å². The molecule has 1 aromatic rings. The Kier molecular flexibility index (Phi) is 4.19. The van der Waals surface area contributed by atoms with Crippen molar-refractivity contribution < 1.29 is 14.7 Å². The number of hydrogen-bond donors (Lipinski definition) is 1. The summed E-state index contributed by atoms with van der Waals surface area (Å²) in [6.45, 7) is 0. The molecule has 2 saturated heterocycles. The minimum Gasteiger partial charge on any atom is -0.481 e. The van der Waals surface area contributed by atoms with Crippen molar-refractivity contribution in [3.63, 3.8) is 0 Å². The van der Waals surface area contributed by atoms with Crippen LogP contribution in [0.2, 0.25) is 0 Å². The van der Waals surface area contributed by atoms with Gasteiger partial charge in [-0.3, -0.25) is 9.59 Å². The third-order valence-electron chi connectivity index (χ3n) is 4.47. The molecule has 1 aromatic carbocycles. The number of carbonyl (C=O) groups excluding carboxylic acids is 1. The number of carboxylic acids is 1. The van der Waals surface area contributed by atoms with E-state index < -0.39 is 5.97 Å². The van der Waals surface area contributed by atoms with E-state index in [9.17, 15) is 14.7 Å². The minimum absolute atomic E-state index is 0.0678. The lowest BCUT2D eigenvalue weighted by molar-refractivity contribution is -0.143. The highest BCUT2D eigenvalue weighted by molar-refractivity contribution is 7.99.